The Morgan fingerprint density at radius 3 is 2.32 bits per heavy atom. The fourth-order valence-corrected chi connectivity index (χ4v) is 7.09. The highest BCUT2D eigenvalue weighted by Gasteiger charge is 2.34. The smallest absolute Gasteiger partial charge is 0.410 e. The monoisotopic (exact) mass is 608 g/mol. The van der Waals surface area contributed by atoms with Crippen LogP contribution in [0.2, 0.25) is 0 Å². The van der Waals surface area contributed by atoms with Gasteiger partial charge in [0.05, 0.1) is 11.0 Å². The first kappa shape index (κ1) is 30.8. The second-order valence-corrected chi connectivity index (χ2v) is 14.5. The Balaban J connectivity index is 1.08. The van der Waals surface area contributed by atoms with E-state index in [0.717, 1.165) is 88.1 Å². The lowest BCUT2D eigenvalue weighted by Gasteiger charge is -2.42. The molecule has 44 heavy (non-hydrogen) atoms. The van der Waals surface area contributed by atoms with Gasteiger partial charge in [0.2, 0.25) is 11.8 Å². The number of amides is 3. The molecule has 1 unspecified atom stereocenters. The van der Waals surface area contributed by atoms with E-state index in [4.69, 9.17) is 4.74 Å². The number of carbonyl (C=O) groups is 3. The molecule has 4 fully saturated rings. The lowest BCUT2D eigenvalue weighted by atomic mass is 9.95. The maximum Gasteiger partial charge on any atom is 0.410 e. The molecule has 4 heterocycles. The van der Waals surface area contributed by atoms with Crippen LogP contribution in [-0.2, 0) is 27.4 Å². The van der Waals surface area contributed by atoms with Crippen LogP contribution >= 0.6 is 0 Å². The van der Waals surface area contributed by atoms with Gasteiger partial charge in [-0.05, 0) is 89.3 Å². The van der Waals surface area contributed by atoms with Crippen LogP contribution in [0.5, 0.6) is 0 Å². The van der Waals surface area contributed by atoms with Crippen LogP contribution in [0, 0.1) is 11.8 Å². The maximum atomic E-state index is 13.6. The number of likely N-dealkylation sites (tertiary alicyclic amines) is 1. The van der Waals surface area contributed by atoms with Crippen LogP contribution in [-0.4, -0.2) is 92.7 Å². The highest BCUT2D eigenvalue weighted by Crippen LogP contribution is 2.32. The summed E-state index contributed by atoms with van der Waals surface area (Å²) >= 11 is 0. The van der Waals surface area contributed by atoms with Crippen molar-refractivity contribution in [2.45, 2.75) is 97.0 Å². The Hall–Kier alpha value is -3.18. The van der Waals surface area contributed by atoms with Crippen LogP contribution < -0.4 is 11.0 Å². The number of imide groups is 1. The van der Waals surface area contributed by atoms with E-state index in [1.165, 1.54) is 0 Å². The van der Waals surface area contributed by atoms with Crippen molar-refractivity contribution < 1.29 is 19.1 Å². The summed E-state index contributed by atoms with van der Waals surface area (Å²) in [6, 6.07) is 5.98. The molecular weight excluding hydrogens is 560 g/mol. The maximum absolute atomic E-state index is 13.6. The number of fused-ring (bicyclic) bond motifs is 1. The van der Waals surface area contributed by atoms with E-state index in [-0.39, 0.29) is 24.1 Å². The number of rotatable bonds is 7. The number of benzene rings is 1. The fourth-order valence-electron chi connectivity index (χ4n) is 7.09. The summed E-state index contributed by atoms with van der Waals surface area (Å²) < 4.78 is 9.03. The van der Waals surface area contributed by atoms with E-state index < -0.39 is 17.6 Å². The number of aromatic nitrogens is 2. The molecule has 2 atom stereocenters. The zero-order chi connectivity index (χ0) is 31.2. The van der Waals surface area contributed by atoms with Crippen LogP contribution in [0.1, 0.15) is 77.8 Å². The number of ether oxygens (including phenoxy) is 1. The standard InChI is InChI=1S/C33H48N6O5/c1-22-18-35(15-16-37(22)20-24-11-13-36(14-12-24)32(43)44-33(2,3)4)19-25-7-8-26-28(17-25)38(21-23-5-6-23)31(42)39(26)27-9-10-29(40)34-30(27)41/h7-8,17,22-24,27H,5-6,9-16,18-21H2,1-4H3,(H,34,40,41)/t22-,27?/m0/s1. The minimum absolute atomic E-state index is 0.155. The van der Waals surface area contributed by atoms with Crippen molar-refractivity contribution in [1.29, 1.82) is 0 Å². The number of nitrogens with one attached hydrogen (secondary N) is 1. The Morgan fingerprint density at radius 1 is 0.932 bits per heavy atom. The summed E-state index contributed by atoms with van der Waals surface area (Å²) in [6.07, 6.45) is 4.66. The van der Waals surface area contributed by atoms with Gasteiger partial charge in [-0.2, -0.15) is 0 Å². The van der Waals surface area contributed by atoms with E-state index in [9.17, 15) is 19.2 Å². The summed E-state index contributed by atoms with van der Waals surface area (Å²) in [5, 5.41) is 2.42. The number of hydrogen-bond donors (Lipinski definition) is 1. The van der Waals surface area contributed by atoms with Gasteiger partial charge in [0.1, 0.15) is 11.6 Å². The van der Waals surface area contributed by atoms with Gasteiger partial charge >= 0.3 is 11.8 Å². The number of piperazine rings is 1. The van der Waals surface area contributed by atoms with E-state index in [0.29, 0.717) is 30.8 Å². The van der Waals surface area contributed by atoms with Gasteiger partial charge in [-0.15, -0.1) is 0 Å². The molecule has 11 heteroatoms. The second-order valence-electron chi connectivity index (χ2n) is 14.5. The fraction of sp³-hybridized carbons (Fsp3) is 0.697. The average molecular weight is 609 g/mol. The summed E-state index contributed by atoms with van der Waals surface area (Å²) in [5.74, 6) is 0.428. The highest BCUT2D eigenvalue weighted by atomic mass is 16.6. The first-order valence-electron chi connectivity index (χ1n) is 16.5. The van der Waals surface area contributed by atoms with Crippen molar-refractivity contribution in [2.75, 3.05) is 39.3 Å². The molecule has 240 valence electrons. The van der Waals surface area contributed by atoms with Gasteiger partial charge in [-0.1, -0.05) is 6.07 Å². The number of hydrogen-bond acceptors (Lipinski definition) is 7. The third-order valence-corrected chi connectivity index (χ3v) is 9.70. The van der Waals surface area contributed by atoms with Crippen LogP contribution in [0.3, 0.4) is 0 Å². The largest absolute Gasteiger partial charge is 0.444 e. The molecule has 1 aromatic carbocycles. The van der Waals surface area contributed by atoms with Gasteiger partial charge in [0.15, 0.2) is 0 Å². The van der Waals surface area contributed by atoms with Crippen LogP contribution in [0.15, 0.2) is 23.0 Å². The molecule has 1 aromatic heterocycles. The third kappa shape index (κ3) is 6.88. The zero-order valence-electron chi connectivity index (χ0n) is 26.7. The van der Waals surface area contributed by atoms with E-state index in [1.54, 1.807) is 4.57 Å². The lowest BCUT2D eigenvalue weighted by molar-refractivity contribution is -0.135. The van der Waals surface area contributed by atoms with Gasteiger partial charge in [0, 0.05) is 64.8 Å². The predicted octanol–water partition coefficient (Wildman–Crippen LogP) is 3.34. The SMILES string of the molecule is C[C@H]1CN(Cc2ccc3c(c2)n(CC2CC2)c(=O)n3C2CCC(=O)NC2=O)CCN1CC1CCN(C(=O)OC(C)(C)C)CC1. The van der Waals surface area contributed by atoms with E-state index >= 15 is 0 Å². The molecule has 0 bridgehead atoms. The summed E-state index contributed by atoms with van der Waals surface area (Å²) in [6.45, 7) is 15.0. The van der Waals surface area contributed by atoms with Gasteiger partial charge in [-0.3, -0.25) is 33.8 Å². The van der Waals surface area contributed by atoms with E-state index in [1.807, 2.05) is 36.3 Å². The topological polar surface area (TPSA) is 109 Å². The first-order valence-corrected chi connectivity index (χ1v) is 16.5. The van der Waals surface area contributed by atoms with Gasteiger partial charge in [0.25, 0.3) is 0 Å². The molecule has 1 N–H and O–H groups in total. The molecule has 0 radical (unpaired) electrons. The normalized spacial score (nSPS) is 24.6. The second kappa shape index (κ2) is 12.3. The summed E-state index contributed by atoms with van der Waals surface area (Å²) in [5.41, 5.74) is 2.19. The van der Waals surface area contributed by atoms with E-state index in [2.05, 4.69) is 34.2 Å². The number of carbonyl (C=O) groups excluding carboxylic acids is 3. The molecule has 1 aliphatic carbocycles. The third-order valence-electron chi connectivity index (χ3n) is 9.70. The Kier molecular flexibility index (Phi) is 8.63. The average Bonchev–Trinajstić information content (AvgIpc) is 3.74. The van der Waals surface area contributed by atoms with Gasteiger partial charge in [-0.25, -0.2) is 9.59 Å². The Morgan fingerprint density at radius 2 is 1.66 bits per heavy atom. The lowest BCUT2D eigenvalue weighted by Crippen LogP contribution is -2.53. The molecule has 3 saturated heterocycles. The predicted molar refractivity (Wildman–Crippen MR) is 167 cm³/mol. The number of piperidine rings is 2. The molecule has 0 spiro atoms. The molecule has 4 aliphatic rings. The number of imidazole rings is 1. The van der Waals surface area contributed by atoms with Crippen LogP contribution in [0.25, 0.3) is 11.0 Å². The molecule has 6 rings (SSSR count). The van der Waals surface area contributed by atoms with Gasteiger partial charge < -0.3 is 9.64 Å². The van der Waals surface area contributed by atoms with Crippen molar-refractivity contribution in [2.24, 2.45) is 11.8 Å². The Labute approximate surface area is 259 Å². The first-order chi connectivity index (χ1) is 20.9. The summed E-state index contributed by atoms with van der Waals surface area (Å²) in [4.78, 5) is 57.5. The highest BCUT2D eigenvalue weighted by molar-refractivity contribution is 6.00. The minimum Gasteiger partial charge on any atom is -0.444 e. The molecule has 3 aliphatic heterocycles. The van der Waals surface area contributed by atoms with Crippen molar-refractivity contribution in [1.82, 2.24) is 29.2 Å². The van der Waals surface area contributed by atoms with Crippen molar-refractivity contribution in [3.63, 3.8) is 0 Å². The minimum atomic E-state index is -0.660. The van der Waals surface area contributed by atoms with Crippen molar-refractivity contribution >= 4 is 28.9 Å². The molecule has 11 nitrogen and oxygen atoms in total. The van der Waals surface area contributed by atoms with Crippen LogP contribution in [0.4, 0.5) is 4.79 Å². The quantitative estimate of drug-likeness (QED) is 0.481. The number of nitrogens with zero attached hydrogens (tertiary/aromatic N) is 5. The van der Waals surface area contributed by atoms with Crippen molar-refractivity contribution in [3.8, 4) is 0 Å². The zero-order valence-corrected chi connectivity index (χ0v) is 26.7. The molecule has 3 amide bonds. The molecule has 1 saturated carbocycles. The molecule has 2 aromatic rings. The summed E-state index contributed by atoms with van der Waals surface area (Å²) in [7, 11) is 0. The molecular formula is C33H48N6O5. The van der Waals surface area contributed by atoms with Crippen molar-refractivity contribution in [3.05, 3.63) is 34.2 Å². The Bertz CT molecular complexity index is 1460.